The number of nitriles is 1. The summed E-state index contributed by atoms with van der Waals surface area (Å²) in [6.45, 7) is 3.80. The van der Waals surface area contributed by atoms with Crippen LogP contribution in [0.3, 0.4) is 0 Å². The number of carbonyl (C=O) groups excluding carboxylic acids is 1. The van der Waals surface area contributed by atoms with Crippen LogP contribution in [-0.4, -0.2) is 65.9 Å². The summed E-state index contributed by atoms with van der Waals surface area (Å²) in [6.07, 6.45) is -4.59. The first-order valence-corrected chi connectivity index (χ1v) is 14.5. The maximum Gasteiger partial charge on any atom is 0.416 e. The quantitative estimate of drug-likeness (QED) is 0.270. The molecule has 0 saturated carbocycles. The number of halogens is 5. The van der Waals surface area contributed by atoms with Crippen molar-refractivity contribution in [3.05, 3.63) is 99.0 Å². The number of amides is 2. The van der Waals surface area contributed by atoms with E-state index in [1.165, 1.54) is 6.07 Å². The summed E-state index contributed by atoms with van der Waals surface area (Å²) in [5, 5.41) is 10.1. The molecule has 7 nitrogen and oxygen atoms in total. The molecule has 2 amide bonds. The topological polar surface area (TPSA) is 72.2 Å². The Morgan fingerprint density at radius 1 is 0.977 bits per heavy atom. The van der Waals surface area contributed by atoms with Crippen molar-refractivity contribution in [1.82, 2.24) is 14.7 Å². The van der Waals surface area contributed by atoms with Gasteiger partial charge in [0, 0.05) is 36.2 Å². The Balaban J connectivity index is 1.66. The molecule has 5 rings (SSSR count). The van der Waals surface area contributed by atoms with Crippen molar-refractivity contribution in [3.63, 3.8) is 0 Å². The average Bonchev–Trinajstić information content (AvgIpc) is 3.38. The van der Waals surface area contributed by atoms with Gasteiger partial charge in [-0.2, -0.15) is 18.4 Å². The Morgan fingerprint density at radius 2 is 1.58 bits per heavy atom. The second-order valence-corrected chi connectivity index (χ2v) is 11.0. The van der Waals surface area contributed by atoms with Crippen LogP contribution in [0.25, 0.3) is 0 Å². The molecule has 224 valence electrons. The molecule has 0 radical (unpaired) electrons. The van der Waals surface area contributed by atoms with Crippen LogP contribution >= 0.6 is 23.2 Å². The number of hydrogen-bond acceptors (Lipinski definition) is 5. The van der Waals surface area contributed by atoms with Crippen molar-refractivity contribution in [1.29, 1.82) is 5.26 Å². The second kappa shape index (κ2) is 12.8. The van der Waals surface area contributed by atoms with E-state index < -0.39 is 23.8 Å². The summed E-state index contributed by atoms with van der Waals surface area (Å²) < 4.78 is 46.8. The summed E-state index contributed by atoms with van der Waals surface area (Å²) in [5.41, 5.74) is 0.903. The van der Waals surface area contributed by atoms with E-state index in [0.29, 0.717) is 36.2 Å². The van der Waals surface area contributed by atoms with Gasteiger partial charge in [-0.25, -0.2) is 4.79 Å². The first-order valence-electron chi connectivity index (χ1n) is 13.7. The molecule has 0 aliphatic carbocycles. The molecule has 1 saturated heterocycles. The fourth-order valence-corrected chi connectivity index (χ4v) is 5.61. The molecule has 0 aromatic heterocycles. The normalized spacial score (nSPS) is 19.2. The molecular formula is C31H28Cl2F3N5O2. The molecule has 43 heavy (non-hydrogen) atoms. The lowest BCUT2D eigenvalue weighted by molar-refractivity contribution is -0.137. The van der Waals surface area contributed by atoms with E-state index in [4.69, 9.17) is 38.2 Å². The Bertz CT molecular complexity index is 1530. The van der Waals surface area contributed by atoms with Gasteiger partial charge in [0.25, 0.3) is 0 Å². The third-order valence-electron chi connectivity index (χ3n) is 7.48. The number of aliphatic imine (C=N–C) groups is 1. The number of ether oxygens (including phenoxy) is 1. The van der Waals surface area contributed by atoms with Gasteiger partial charge in [0.15, 0.2) is 0 Å². The van der Waals surface area contributed by atoms with Gasteiger partial charge in [0.2, 0.25) is 0 Å². The maximum atomic E-state index is 14.4. The third-order valence-corrected chi connectivity index (χ3v) is 7.99. The zero-order valence-corrected chi connectivity index (χ0v) is 24.7. The first kappa shape index (κ1) is 30.7. The van der Waals surface area contributed by atoms with Gasteiger partial charge in [0.1, 0.15) is 17.6 Å². The molecule has 2 atom stereocenters. The van der Waals surface area contributed by atoms with Crippen LogP contribution in [0.2, 0.25) is 10.0 Å². The summed E-state index contributed by atoms with van der Waals surface area (Å²) in [7, 11) is 0. The number of alkyl halides is 3. The van der Waals surface area contributed by atoms with Gasteiger partial charge < -0.3 is 9.64 Å². The molecule has 3 aromatic rings. The van der Waals surface area contributed by atoms with E-state index in [0.717, 1.165) is 23.3 Å². The van der Waals surface area contributed by atoms with E-state index in [2.05, 4.69) is 6.07 Å². The minimum atomic E-state index is -4.59. The van der Waals surface area contributed by atoms with Crippen LogP contribution in [0.4, 0.5) is 18.0 Å². The lowest BCUT2D eigenvalue weighted by Gasteiger charge is -2.38. The molecule has 0 N–H and O–H groups in total. The number of urea groups is 1. The smallest absolute Gasteiger partial charge is 0.416 e. The van der Waals surface area contributed by atoms with Crippen LogP contribution in [0, 0.1) is 11.3 Å². The van der Waals surface area contributed by atoms with Crippen molar-refractivity contribution in [2.24, 2.45) is 4.99 Å². The predicted octanol–water partition coefficient (Wildman–Crippen LogP) is 7.22. The number of carbonyl (C=O) groups is 1. The van der Waals surface area contributed by atoms with E-state index in [1.807, 2.05) is 29.2 Å². The van der Waals surface area contributed by atoms with Crippen molar-refractivity contribution >= 4 is 35.1 Å². The lowest BCUT2D eigenvalue weighted by Crippen LogP contribution is -2.54. The molecule has 3 aromatic carbocycles. The number of piperazine rings is 1. The largest absolute Gasteiger partial charge is 0.493 e. The molecule has 2 unspecified atom stereocenters. The standard InChI is InChI=1S/C31H28Cl2F3N5O2/c1-2-43-26-19-22(31(34,35)36)7-12-25(26)29-38-27(20-3-8-23(32)9-4-20)28(21-5-10-24(33)11-6-21)41(29)30(42)40-17-15-39(14-13-37)16-18-40/h3-12,19,27-28H,2,14-18H2,1H3. The number of hydrogen-bond donors (Lipinski definition) is 0. The Hall–Kier alpha value is -3.78. The van der Waals surface area contributed by atoms with Gasteiger partial charge in [-0.1, -0.05) is 47.5 Å². The van der Waals surface area contributed by atoms with E-state index >= 15 is 0 Å². The molecule has 1 fully saturated rings. The Kier molecular flexibility index (Phi) is 9.16. The summed E-state index contributed by atoms with van der Waals surface area (Å²) in [6, 6.07) is 17.9. The van der Waals surface area contributed by atoms with Crippen LogP contribution in [0.15, 0.2) is 71.7 Å². The molecule has 0 spiro atoms. The molecular weight excluding hydrogens is 602 g/mol. The second-order valence-electron chi connectivity index (χ2n) is 10.2. The van der Waals surface area contributed by atoms with Gasteiger partial charge >= 0.3 is 12.2 Å². The minimum absolute atomic E-state index is 0.0284. The monoisotopic (exact) mass is 629 g/mol. The van der Waals surface area contributed by atoms with Gasteiger partial charge in [-0.05, 0) is 60.5 Å². The van der Waals surface area contributed by atoms with Crippen LogP contribution in [0.1, 0.15) is 41.3 Å². The van der Waals surface area contributed by atoms with Crippen molar-refractivity contribution in [2.45, 2.75) is 25.2 Å². The fourth-order valence-electron chi connectivity index (χ4n) is 5.36. The summed E-state index contributed by atoms with van der Waals surface area (Å²) in [4.78, 5) is 24.7. The van der Waals surface area contributed by atoms with E-state index in [9.17, 15) is 18.0 Å². The predicted molar refractivity (Wildman–Crippen MR) is 158 cm³/mol. The summed E-state index contributed by atoms with van der Waals surface area (Å²) in [5.74, 6) is 0.167. The number of amidine groups is 1. The maximum absolute atomic E-state index is 14.4. The third kappa shape index (κ3) is 6.59. The number of rotatable bonds is 6. The zero-order chi connectivity index (χ0) is 30.7. The highest BCUT2D eigenvalue weighted by Crippen LogP contribution is 2.46. The highest BCUT2D eigenvalue weighted by Gasteiger charge is 2.45. The number of benzene rings is 3. The average molecular weight is 630 g/mol. The highest BCUT2D eigenvalue weighted by molar-refractivity contribution is 6.30. The molecule has 0 bridgehead atoms. The van der Waals surface area contributed by atoms with Crippen LogP contribution in [-0.2, 0) is 6.18 Å². The Labute approximate surface area is 257 Å². The fraction of sp³-hybridized carbons (Fsp3) is 0.323. The highest BCUT2D eigenvalue weighted by atomic mass is 35.5. The SMILES string of the molecule is CCOc1cc(C(F)(F)F)ccc1C1=NC(c2ccc(Cl)cc2)C(c2ccc(Cl)cc2)N1C(=O)N1CCN(CC#N)CC1. The van der Waals surface area contributed by atoms with Gasteiger partial charge in [0.05, 0.1) is 36.4 Å². The number of nitrogens with zero attached hydrogens (tertiary/aromatic N) is 5. The Morgan fingerprint density at radius 3 is 2.14 bits per heavy atom. The van der Waals surface area contributed by atoms with E-state index in [1.54, 1.807) is 41.0 Å². The molecule has 12 heteroatoms. The molecule has 2 aliphatic heterocycles. The van der Waals surface area contributed by atoms with Crippen molar-refractivity contribution < 1.29 is 22.7 Å². The van der Waals surface area contributed by atoms with Crippen LogP contribution in [0.5, 0.6) is 5.75 Å². The lowest BCUT2D eigenvalue weighted by atomic mass is 9.93. The first-order chi connectivity index (χ1) is 20.6. The van der Waals surface area contributed by atoms with Crippen LogP contribution < -0.4 is 4.74 Å². The summed E-state index contributed by atoms with van der Waals surface area (Å²) >= 11 is 12.4. The van der Waals surface area contributed by atoms with Gasteiger partial charge in [-0.3, -0.25) is 14.8 Å². The molecule has 2 heterocycles. The molecule has 2 aliphatic rings. The minimum Gasteiger partial charge on any atom is -0.493 e. The van der Waals surface area contributed by atoms with Gasteiger partial charge in [-0.15, -0.1) is 0 Å². The zero-order valence-electron chi connectivity index (χ0n) is 23.2. The van der Waals surface area contributed by atoms with E-state index in [-0.39, 0.29) is 36.3 Å². The van der Waals surface area contributed by atoms with Crippen molar-refractivity contribution in [3.8, 4) is 11.8 Å². The van der Waals surface area contributed by atoms with Crippen molar-refractivity contribution in [2.75, 3.05) is 39.3 Å².